The maximum Gasteiger partial charge on any atom is 0.332 e. The van der Waals surface area contributed by atoms with Crippen LogP contribution in [0.1, 0.15) is 37.7 Å². The number of hydrogen-bond acceptors (Lipinski definition) is 4. The van der Waals surface area contributed by atoms with Gasteiger partial charge in [0.1, 0.15) is 6.04 Å². The van der Waals surface area contributed by atoms with Gasteiger partial charge in [-0.05, 0) is 56.3 Å². The number of likely N-dealkylation sites (tertiary alicyclic amines) is 1. The highest BCUT2D eigenvalue weighted by Crippen LogP contribution is 2.20. The van der Waals surface area contributed by atoms with Crippen molar-refractivity contribution in [1.29, 1.82) is 0 Å². The molecule has 5 nitrogen and oxygen atoms in total. The predicted octanol–water partition coefficient (Wildman–Crippen LogP) is 3.15. The first-order chi connectivity index (χ1) is 12.2. The van der Waals surface area contributed by atoms with Gasteiger partial charge in [0.05, 0.1) is 6.61 Å². The summed E-state index contributed by atoms with van der Waals surface area (Å²) in [5, 5.41) is 2.56. The molecule has 0 aromatic heterocycles. The lowest BCUT2D eigenvalue weighted by Gasteiger charge is -2.27. The molecule has 3 rings (SSSR count). The van der Waals surface area contributed by atoms with Gasteiger partial charge in [-0.15, -0.1) is 0 Å². The van der Waals surface area contributed by atoms with Crippen LogP contribution in [0.4, 0.5) is 4.79 Å². The third-order valence-electron chi connectivity index (χ3n) is 4.84. The van der Waals surface area contributed by atoms with Gasteiger partial charge >= 0.3 is 6.03 Å². The molecule has 25 heavy (non-hydrogen) atoms. The normalized spacial score (nSPS) is 20.6. The molecule has 0 radical (unpaired) electrons. The average Bonchev–Trinajstić information content (AvgIpc) is 3.31. The Bertz CT molecular complexity index is 575. The summed E-state index contributed by atoms with van der Waals surface area (Å²) < 4.78 is 5.79. The van der Waals surface area contributed by atoms with E-state index in [1.165, 1.54) is 5.56 Å². The van der Waals surface area contributed by atoms with Crippen LogP contribution in [0.3, 0.4) is 0 Å². The van der Waals surface area contributed by atoms with Crippen LogP contribution in [0.5, 0.6) is 0 Å². The first-order valence-corrected chi connectivity index (χ1v) is 9.67. The zero-order valence-corrected chi connectivity index (χ0v) is 15.5. The van der Waals surface area contributed by atoms with E-state index in [9.17, 15) is 4.79 Å². The van der Waals surface area contributed by atoms with Crippen LogP contribution >= 0.6 is 12.2 Å². The van der Waals surface area contributed by atoms with Gasteiger partial charge in [-0.25, -0.2) is 9.80 Å². The number of hydrogen-bond donors (Lipinski definition) is 1. The summed E-state index contributed by atoms with van der Waals surface area (Å²) in [5.74, 6) is 0. The van der Waals surface area contributed by atoms with Gasteiger partial charge in [0.25, 0.3) is 0 Å². The number of aryl methyl sites for hydroxylation is 1. The first kappa shape index (κ1) is 18.1. The Morgan fingerprint density at radius 3 is 2.68 bits per heavy atom. The van der Waals surface area contributed by atoms with Crippen LogP contribution in [0.15, 0.2) is 30.3 Å². The van der Waals surface area contributed by atoms with Crippen molar-refractivity contribution in [1.82, 2.24) is 15.3 Å². The highest BCUT2D eigenvalue weighted by atomic mass is 32.1. The van der Waals surface area contributed by atoms with E-state index in [1.54, 1.807) is 0 Å². The molecular weight excluding hydrogens is 334 g/mol. The molecule has 0 aliphatic carbocycles. The second-order valence-corrected chi connectivity index (χ2v) is 7.12. The molecule has 0 spiro atoms. The van der Waals surface area contributed by atoms with E-state index in [0.717, 1.165) is 58.2 Å². The quantitative estimate of drug-likeness (QED) is 0.624. The summed E-state index contributed by atoms with van der Waals surface area (Å²) in [7, 11) is 0. The Balaban J connectivity index is 1.41. The van der Waals surface area contributed by atoms with Crippen molar-refractivity contribution in [3.05, 3.63) is 35.9 Å². The largest absolute Gasteiger partial charge is 0.485 e. The van der Waals surface area contributed by atoms with E-state index in [4.69, 9.17) is 17.0 Å². The highest BCUT2D eigenvalue weighted by Gasteiger charge is 2.33. The Labute approximate surface area is 155 Å². The molecule has 2 aliphatic rings. The monoisotopic (exact) mass is 361 g/mol. The molecule has 2 heterocycles. The van der Waals surface area contributed by atoms with Crippen LogP contribution < -0.4 is 5.43 Å². The fourth-order valence-electron chi connectivity index (χ4n) is 3.47. The molecule has 0 bridgehead atoms. The van der Waals surface area contributed by atoms with Crippen LogP contribution in [-0.2, 0) is 11.2 Å². The number of carbonyl (C=O) groups excluding carboxylic acids is 1. The molecule has 0 saturated carbocycles. The molecule has 2 amide bonds. The SMILES string of the molecule is O=C(NN1CCCC1)N1CCC[C@H]1C(=S)OCCCc1ccccc1. The van der Waals surface area contributed by atoms with Crippen LogP contribution in [-0.4, -0.2) is 53.3 Å². The topological polar surface area (TPSA) is 44.8 Å². The standard InChI is InChI=1S/C19H27N3O2S/c23-19(20-21-12-4-5-13-21)22-14-6-11-17(22)18(25)24-15-7-10-16-8-2-1-3-9-16/h1-3,8-9,17H,4-7,10-15H2,(H,20,23)/t17-/m0/s1. The van der Waals surface area contributed by atoms with E-state index in [0.29, 0.717) is 11.7 Å². The molecule has 1 aromatic carbocycles. The van der Waals surface area contributed by atoms with E-state index < -0.39 is 0 Å². The van der Waals surface area contributed by atoms with Crippen molar-refractivity contribution in [2.24, 2.45) is 0 Å². The lowest BCUT2D eigenvalue weighted by Crippen LogP contribution is -2.51. The first-order valence-electron chi connectivity index (χ1n) is 9.27. The van der Waals surface area contributed by atoms with E-state index in [2.05, 4.69) is 29.7 Å². The van der Waals surface area contributed by atoms with Gasteiger partial charge in [0.2, 0.25) is 0 Å². The van der Waals surface area contributed by atoms with E-state index in [-0.39, 0.29) is 12.1 Å². The minimum absolute atomic E-state index is 0.0420. The summed E-state index contributed by atoms with van der Waals surface area (Å²) >= 11 is 5.47. The second kappa shape index (κ2) is 9.15. The Morgan fingerprint density at radius 2 is 1.92 bits per heavy atom. The number of hydrazine groups is 1. The molecule has 2 saturated heterocycles. The number of amides is 2. The van der Waals surface area contributed by atoms with Gasteiger partial charge in [-0.3, -0.25) is 5.43 Å². The van der Waals surface area contributed by atoms with Gasteiger partial charge in [-0.1, -0.05) is 30.3 Å². The van der Waals surface area contributed by atoms with Crippen LogP contribution in [0.2, 0.25) is 0 Å². The summed E-state index contributed by atoms with van der Waals surface area (Å²) in [6, 6.07) is 10.3. The molecule has 2 fully saturated rings. The number of urea groups is 1. The summed E-state index contributed by atoms with van der Waals surface area (Å²) in [4.78, 5) is 14.3. The van der Waals surface area contributed by atoms with Gasteiger partial charge in [-0.2, -0.15) is 0 Å². The third-order valence-corrected chi connectivity index (χ3v) is 5.23. The molecule has 1 N–H and O–H groups in total. The van der Waals surface area contributed by atoms with E-state index in [1.807, 2.05) is 16.0 Å². The number of nitrogens with one attached hydrogen (secondary N) is 1. The van der Waals surface area contributed by atoms with Crippen molar-refractivity contribution in [3.8, 4) is 0 Å². The summed E-state index contributed by atoms with van der Waals surface area (Å²) in [6.07, 6.45) is 6.07. The number of rotatable bonds is 6. The van der Waals surface area contributed by atoms with Crippen molar-refractivity contribution in [2.45, 2.75) is 44.6 Å². The molecule has 0 unspecified atom stereocenters. The van der Waals surface area contributed by atoms with Crippen LogP contribution in [0, 0.1) is 0 Å². The van der Waals surface area contributed by atoms with Gasteiger partial charge in [0.15, 0.2) is 5.05 Å². The zero-order chi connectivity index (χ0) is 17.5. The minimum atomic E-state index is -0.0747. The average molecular weight is 362 g/mol. The number of ether oxygens (including phenoxy) is 1. The molecule has 136 valence electrons. The minimum Gasteiger partial charge on any atom is -0.485 e. The van der Waals surface area contributed by atoms with Crippen molar-refractivity contribution in [2.75, 3.05) is 26.2 Å². The predicted molar refractivity (Wildman–Crippen MR) is 102 cm³/mol. The van der Waals surface area contributed by atoms with Crippen molar-refractivity contribution < 1.29 is 9.53 Å². The maximum absolute atomic E-state index is 12.5. The molecule has 6 heteroatoms. The molecule has 2 aliphatic heterocycles. The Hall–Kier alpha value is -1.66. The maximum atomic E-state index is 12.5. The van der Waals surface area contributed by atoms with Gasteiger partial charge in [0, 0.05) is 19.6 Å². The van der Waals surface area contributed by atoms with Gasteiger partial charge < -0.3 is 9.64 Å². The third kappa shape index (κ3) is 5.16. The van der Waals surface area contributed by atoms with E-state index >= 15 is 0 Å². The Morgan fingerprint density at radius 1 is 1.16 bits per heavy atom. The Kier molecular flexibility index (Phi) is 6.64. The smallest absolute Gasteiger partial charge is 0.332 e. The fourth-order valence-corrected chi connectivity index (χ4v) is 3.80. The second-order valence-electron chi connectivity index (χ2n) is 6.72. The number of thiocarbonyl (C=S) groups is 1. The van der Waals surface area contributed by atoms with Crippen molar-refractivity contribution in [3.63, 3.8) is 0 Å². The molecule has 1 aromatic rings. The highest BCUT2D eigenvalue weighted by molar-refractivity contribution is 7.80. The zero-order valence-electron chi connectivity index (χ0n) is 14.7. The lowest BCUT2D eigenvalue weighted by atomic mass is 10.1. The molecule has 1 atom stereocenters. The lowest BCUT2D eigenvalue weighted by molar-refractivity contribution is 0.158. The number of benzene rings is 1. The summed E-state index contributed by atoms with van der Waals surface area (Å²) in [6.45, 7) is 3.22. The summed E-state index contributed by atoms with van der Waals surface area (Å²) in [5.41, 5.74) is 4.31. The number of nitrogens with zero attached hydrogens (tertiary/aromatic N) is 2. The van der Waals surface area contributed by atoms with Crippen LogP contribution in [0.25, 0.3) is 0 Å². The molecular formula is C19H27N3O2S. The number of carbonyl (C=O) groups is 1. The fraction of sp³-hybridized carbons (Fsp3) is 0.579. The van der Waals surface area contributed by atoms with Crippen molar-refractivity contribution >= 4 is 23.3 Å².